The zero-order valence-electron chi connectivity index (χ0n) is 8.07. The number of carbonyl (C=O) groups excluding carboxylic acids is 1. The Balaban J connectivity index is 3.23. The Morgan fingerprint density at radius 3 is 2.69 bits per heavy atom. The molecule has 1 rings (SSSR count). The van der Waals surface area contributed by atoms with Gasteiger partial charge in [0.05, 0.1) is 6.04 Å². The first-order valence-electron chi connectivity index (χ1n) is 4.22. The number of carbonyl (C=O) groups is 1. The molecule has 3 heteroatoms. The van der Waals surface area contributed by atoms with Crippen LogP contribution in [0.3, 0.4) is 0 Å². The molecule has 1 atom stereocenters. The van der Waals surface area contributed by atoms with Gasteiger partial charge in [0.2, 0.25) is 0 Å². The number of rotatable bonds is 2. The number of hydrogen-bond acceptors (Lipinski definition) is 2. The molecule has 1 heterocycles. The summed E-state index contributed by atoms with van der Waals surface area (Å²) in [6.07, 6.45) is 1.64. The number of aromatic nitrogens is 1. The lowest BCUT2D eigenvalue weighted by Crippen LogP contribution is -2.27. The summed E-state index contributed by atoms with van der Waals surface area (Å²) in [6, 6.07) is 3.15. The Kier molecular flexibility index (Phi) is 2.66. The minimum atomic E-state index is -0.368. The van der Waals surface area contributed by atoms with E-state index in [0.29, 0.717) is 5.56 Å². The fourth-order valence-corrected chi connectivity index (χ4v) is 1.12. The maximum atomic E-state index is 11.5. The monoisotopic (exact) mass is 179 g/mol. The molecule has 3 nitrogen and oxygen atoms in total. The van der Waals surface area contributed by atoms with Crippen LogP contribution in [0.2, 0.25) is 0 Å². The smallest absolute Gasteiger partial charge is 0.254 e. The van der Waals surface area contributed by atoms with Gasteiger partial charge >= 0.3 is 0 Å². The molecule has 70 valence electrons. The Bertz CT molecular complexity index is 379. The van der Waals surface area contributed by atoms with Crippen LogP contribution in [0.4, 0.5) is 0 Å². The van der Waals surface area contributed by atoms with Crippen LogP contribution in [0.15, 0.2) is 23.1 Å². The Morgan fingerprint density at radius 1 is 1.54 bits per heavy atom. The van der Waals surface area contributed by atoms with Gasteiger partial charge in [0.15, 0.2) is 5.78 Å². The third-order valence-electron chi connectivity index (χ3n) is 2.17. The first-order chi connectivity index (χ1) is 6.04. The largest absolute Gasteiger partial charge is 0.305 e. The first-order valence-corrected chi connectivity index (χ1v) is 4.22. The van der Waals surface area contributed by atoms with Gasteiger partial charge in [-0.1, -0.05) is 6.07 Å². The van der Waals surface area contributed by atoms with Crippen molar-refractivity contribution in [2.45, 2.75) is 26.8 Å². The quantitative estimate of drug-likeness (QED) is 0.686. The molecule has 0 saturated heterocycles. The van der Waals surface area contributed by atoms with Crippen molar-refractivity contribution in [3.8, 4) is 0 Å². The molecule has 1 aromatic heterocycles. The standard InChI is InChI=1S/C10H13NO2/c1-7-5-4-6-11(10(7)13)8(2)9(3)12/h4-6,8H,1-3H3. The third-order valence-corrected chi connectivity index (χ3v) is 2.17. The Morgan fingerprint density at radius 2 is 2.15 bits per heavy atom. The second-order valence-corrected chi connectivity index (χ2v) is 3.19. The van der Waals surface area contributed by atoms with Crippen molar-refractivity contribution < 1.29 is 4.79 Å². The van der Waals surface area contributed by atoms with Crippen LogP contribution in [-0.2, 0) is 4.79 Å². The molecule has 0 N–H and O–H groups in total. The van der Waals surface area contributed by atoms with E-state index < -0.39 is 0 Å². The molecule has 0 fully saturated rings. The van der Waals surface area contributed by atoms with Crippen molar-refractivity contribution in [1.82, 2.24) is 4.57 Å². The minimum absolute atomic E-state index is 0.00676. The summed E-state index contributed by atoms with van der Waals surface area (Å²) in [6.45, 7) is 4.95. The highest BCUT2D eigenvalue weighted by Gasteiger charge is 2.11. The van der Waals surface area contributed by atoms with Gasteiger partial charge in [0.25, 0.3) is 5.56 Å². The predicted molar refractivity (Wildman–Crippen MR) is 50.8 cm³/mol. The van der Waals surface area contributed by atoms with Gasteiger partial charge in [-0.2, -0.15) is 0 Å². The van der Waals surface area contributed by atoms with Crippen molar-refractivity contribution in [2.75, 3.05) is 0 Å². The molecular weight excluding hydrogens is 166 g/mol. The van der Waals surface area contributed by atoms with Crippen molar-refractivity contribution in [1.29, 1.82) is 0 Å². The third kappa shape index (κ3) is 1.86. The summed E-state index contributed by atoms with van der Waals surface area (Å²) in [5.41, 5.74) is 0.570. The van der Waals surface area contributed by atoms with E-state index in [0.717, 1.165) is 0 Å². The van der Waals surface area contributed by atoms with E-state index in [2.05, 4.69) is 0 Å². The van der Waals surface area contributed by atoms with Crippen LogP contribution in [0.1, 0.15) is 25.5 Å². The highest BCUT2D eigenvalue weighted by molar-refractivity contribution is 5.79. The van der Waals surface area contributed by atoms with Crippen LogP contribution in [0.5, 0.6) is 0 Å². The van der Waals surface area contributed by atoms with E-state index in [-0.39, 0.29) is 17.4 Å². The molecule has 0 spiro atoms. The van der Waals surface area contributed by atoms with Gasteiger partial charge in [-0.25, -0.2) is 0 Å². The lowest BCUT2D eigenvalue weighted by Gasteiger charge is -2.11. The fourth-order valence-electron chi connectivity index (χ4n) is 1.12. The predicted octanol–water partition coefficient (Wildman–Crippen LogP) is 1.31. The maximum absolute atomic E-state index is 11.5. The van der Waals surface area contributed by atoms with Crippen LogP contribution in [-0.4, -0.2) is 10.4 Å². The minimum Gasteiger partial charge on any atom is -0.305 e. The SMILES string of the molecule is CC(=O)C(C)n1cccc(C)c1=O. The van der Waals surface area contributed by atoms with Crippen LogP contribution >= 0.6 is 0 Å². The Hall–Kier alpha value is -1.38. The average molecular weight is 179 g/mol. The van der Waals surface area contributed by atoms with E-state index in [1.807, 2.05) is 0 Å². The first kappa shape index (κ1) is 9.71. The molecule has 0 saturated carbocycles. The van der Waals surface area contributed by atoms with Gasteiger partial charge in [0, 0.05) is 11.8 Å². The zero-order valence-corrected chi connectivity index (χ0v) is 8.07. The normalized spacial score (nSPS) is 12.5. The summed E-state index contributed by atoms with van der Waals surface area (Å²) in [5, 5.41) is 0. The average Bonchev–Trinajstić information content (AvgIpc) is 2.08. The summed E-state index contributed by atoms with van der Waals surface area (Å²) in [5.74, 6) is -0.00676. The number of pyridine rings is 1. The second-order valence-electron chi connectivity index (χ2n) is 3.19. The number of Topliss-reactive ketones (excluding diaryl/α,β-unsaturated/α-hetero) is 1. The maximum Gasteiger partial charge on any atom is 0.254 e. The number of nitrogens with zero attached hydrogens (tertiary/aromatic N) is 1. The van der Waals surface area contributed by atoms with E-state index in [4.69, 9.17) is 0 Å². The molecule has 1 aromatic rings. The molecule has 0 bridgehead atoms. The lowest BCUT2D eigenvalue weighted by atomic mass is 10.2. The second kappa shape index (κ2) is 3.56. The van der Waals surface area contributed by atoms with Crippen molar-refractivity contribution >= 4 is 5.78 Å². The molecule has 0 amide bonds. The van der Waals surface area contributed by atoms with Crippen LogP contribution in [0, 0.1) is 6.92 Å². The molecule has 0 aromatic carbocycles. The number of aryl methyl sites for hydroxylation is 1. The van der Waals surface area contributed by atoms with E-state index in [9.17, 15) is 9.59 Å². The van der Waals surface area contributed by atoms with Gasteiger partial charge in [0.1, 0.15) is 0 Å². The van der Waals surface area contributed by atoms with Crippen molar-refractivity contribution in [2.24, 2.45) is 0 Å². The Labute approximate surface area is 77.0 Å². The molecule has 0 aliphatic heterocycles. The molecule has 0 radical (unpaired) electrons. The number of ketones is 1. The fraction of sp³-hybridized carbons (Fsp3) is 0.400. The lowest BCUT2D eigenvalue weighted by molar-refractivity contribution is -0.119. The van der Waals surface area contributed by atoms with E-state index in [1.54, 1.807) is 32.2 Å². The van der Waals surface area contributed by atoms with E-state index in [1.165, 1.54) is 11.5 Å². The number of hydrogen-bond donors (Lipinski definition) is 0. The summed E-state index contributed by atoms with van der Waals surface area (Å²) >= 11 is 0. The van der Waals surface area contributed by atoms with Crippen LogP contribution < -0.4 is 5.56 Å². The van der Waals surface area contributed by atoms with Gasteiger partial charge < -0.3 is 4.57 Å². The zero-order chi connectivity index (χ0) is 10.0. The molecule has 0 aliphatic rings. The summed E-state index contributed by atoms with van der Waals surface area (Å²) in [7, 11) is 0. The van der Waals surface area contributed by atoms with Gasteiger partial charge in [-0.3, -0.25) is 9.59 Å². The van der Waals surface area contributed by atoms with Crippen molar-refractivity contribution in [3.05, 3.63) is 34.2 Å². The van der Waals surface area contributed by atoms with Crippen LogP contribution in [0.25, 0.3) is 0 Å². The highest BCUT2D eigenvalue weighted by Crippen LogP contribution is 2.03. The van der Waals surface area contributed by atoms with Gasteiger partial charge in [-0.05, 0) is 26.8 Å². The topological polar surface area (TPSA) is 39.1 Å². The molecule has 1 unspecified atom stereocenters. The molecule has 13 heavy (non-hydrogen) atoms. The van der Waals surface area contributed by atoms with Crippen molar-refractivity contribution in [3.63, 3.8) is 0 Å². The molecular formula is C10H13NO2. The highest BCUT2D eigenvalue weighted by atomic mass is 16.1. The summed E-state index contributed by atoms with van der Waals surface area (Å²) in [4.78, 5) is 22.6. The summed E-state index contributed by atoms with van der Waals surface area (Å²) < 4.78 is 1.46. The molecule has 0 aliphatic carbocycles. The van der Waals surface area contributed by atoms with Gasteiger partial charge in [-0.15, -0.1) is 0 Å². The van der Waals surface area contributed by atoms with E-state index >= 15 is 0 Å².